The van der Waals surface area contributed by atoms with Crippen molar-refractivity contribution in [1.82, 2.24) is 9.88 Å². The van der Waals surface area contributed by atoms with E-state index in [4.69, 9.17) is 0 Å². The van der Waals surface area contributed by atoms with E-state index in [9.17, 15) is 4.79 Å². The first-order valence-corrected chi connectivity index (χ1v) is 8.02. The first-order chi connectivity index (χ1) is 9.66. The molecule has 2 heterocycles. The van der Waals surface area contributed by atoms with Crippen molar-refractivity contribution in [2.45, 2.75) is 13.0 Å². The Balaban J connectivity index is 1.87. The van der Waals surface area contributed by atoms with E-state index < -0.39 is 0 Å². The number of carbonyl (C=O) groups excluding carboxylic acids is 1. The minimum atomic E-state index is -0.0259. The molecule has 0 saturated heterocycles. The Morgan fingerprint density at radius 3 is 2.75 bits per heavy atom. The quantitative estimate of drug-likeness (QED) is 0.727. The summed E-state index contributed by atoms with van der Waals surface area (Å²) in [5, 5.41) is 2.89. The number of carbonyl (C=O) groups is 1. The van der Waals surface area contributed by atoms with E-state index in [0.29, 0.717) is 0 Å². The van der Waals surface area contributed by atoms with Crippen molar-refractivity contribution in [2.75, 3.05) is 7.05 Å². The summed E-state index contributed by atoms with van der Waals surface area (Å²) >= 11 is 3.12. The third-order valence-electron chi connectivity index (χ3n) is 3.30. The number of thiazole rings is 1. The van der Waals surface area contributed by atoms with Crippen LogP contribution in [0.2, 0.25) is 0 Å². The molecular formula is C15H14N2OS2. The molecule has 3 nitrogen and oxygen atoms in total. The molecule has 0 N–H and O–H groups in total. The summed E-state index contributed by atoms with van der Waals surface area (Å²) in [6, 6.07) is 11.8. The Kier molecular flexibility index (Phi) is 3.54. The molecule has 0 aliphatic heterocycles. The van der Waals surface area contributed by atoms with Crippen LogP contribution in [-0.2, 0) is 0 Å². The molecule has 20 heavy (non-hydrogen) atoms. The highest BCUT2D eigenvalue weighted by molar-refractivity contribution is 7.18. The van der Waals surface area contributed by atoms with E-state index in [-0.39, 0.29) is 11.9 Å². The molecule has 1 atom stereocenters. The Labute approximate surface area is 125 Å². The highest BCUT2D eigenvalue weighted by atomic mass is 32.1. The van der Waals surface area contributed by atoms with Gasteiger partial charge in [0.05, 0.1) is 21.1 Å². The molecule has 0 radical (unpaired) electrons. The largest absolute Gasteiger partial charge is 0.332 e. The van der Waals surface area contributed by atoms with Gasteiger partial charge in [-0.2, -0.15) is 0 Å². The van der Waals surface area contributed by atoms with Crippen LogP contribution in [0.25, 0.3) is 10.2 Å². The number of nitrogens with zero attached hydrogens (tertiary/aromatic N) is 2. The van der Waals surface area contributed by atoms with Gasteiger partial charge in [0.15, 0.2) is 0 Å². The average Bonchev–Trinajstić information content (AvgIpc) is 3.13. The van der Waals surface area contributed by atoms with Crippen LogP contribution in [0.3, 0.4) is 0 Å². The summed E-state index contributed by atoms with van der Waals surface area (Å²) < 4.78 is 1.16. The number of hydrogen-bond donors (Lipinski definition) is 0. The summed E-state index contributed by atoms with van der Waals surface area (Å²) in [6.07, 6.45) is 0. The van der Waals surface area contributed by atoms with Crippen LogP contribution >= 0.6 is 22.7 Å². The monoisotopic (exact) mass is 302 g/mol. The van der Waals surface area contributed by atoms with E-state index in [0.717, 1.165) is 20.1 Å². The molecule has 0 bridgehead atoms. The van der Waals surface area contributed by atoms with Crippen LogP contribution in [0.4, 0.5) is 0 Å². The lowest BCUT2D eigenvalue weighted by Crippen LogP contribution is -2.28. The molecule has 5 heteroatoms. The lowest BCUT2D eigenvalue weighted by Gasteiger charge is -2.22. The number of thiophene rings is 1. The summed E-state index contributed by atoms with van der Waals surface area (Å²) in [7, 11) is 1.83. The summed E-state index contributed by atoms with van der Waals surface area (Å²) in [6.45, 7) is 2.02. The van der Waals surface area contributed by atoms with Gasteiger partial charge in [-0.15, -0.1) is 22.7 Å². The van der Waals surface area contributed by atoms with Gasteiger partial charge >= 0.3 is 0 Å². The molecule has 0 fully saturated rings. The maximum atomic E-state index is 12.3. The van der Waals surface area contributed by atoms with Gasteiger partial charge in [0.1, 0.15) is 5.01 Å². The molecule has 0 aliphatic carbocycles. The van der Waals surface area contributed by atoms with E-state index >= 15 is 0 Å². The van der Waals surface area contributed by atoms with Crippen molar-refractivity contribution in [2.24, 2.45) is 0 Å². The topological polar surface area (TPSA) is 33.2 Å². The number of benzene rings is 1. The van der Waals surface area contributed by atoms with Crippen molar-refractivity contribution in [3.63, 3.8) is 0 Å². The zero-order valence-corrected chi connectivity index (χ0v) is 12.9. The van der Waals surface area contributed by atoms with Crippen LogP contribution in [0.5, 0.6) is 0 Å². The number of aromatic nitrogens is 1. The second kappa shape index (κ2) is 5.34. The van der Waals surface area contributed by atoms with Crippen LogP contribution < -0.4 is 0 Å². The van der Waals surface area contributed by atoms with Crippen LogP contribution in [0.1, 0.15) is 27.6 Å². The minimum absolute atomic E-state index is 0.0259. The molecule has 0 aliphatic rings. The number of amides is 1. The van der Waals surface area contributed by atoms with Gasteiger partial charge in [0.25, 0.3) is 5.91 Å². The fraction of sp³-hybridized carbons (Fsp3) is 0.200. The normalized spacial score (nSPS) is 12.5. The first kappa shape index (κ1) is 13.3. The molecule has 0 saturated carbocycles. The number of hydrogen-bond acceptors (Lipinski definition) is 4. The first-order valence-electron chi connectivity index (χ1n) is 6.33. The molecule has 3 rings (SSSR count). The van der Waals surface area contributed by atoms with Gasteiger partial charge in [0.2, 0.25) is 0 Å². The zero-order valence-electron chi connectivity index (χ0n) is 11.2. The molecular weight excluding hydrogens is 288 g/mol. The second-order valence-electron chi connectivity index (χ2n) is 4.59. The van der Waals surface area contributed by atoms with E-state index in [1.807, 2.05) is 49.7 Å². The molecule has 1 amide bonds. The number of rotatable bonds is 3. The van der Waals surface area contributed by atoms with Crippen LogP contribution in [0.15, 0.2) is 41.8 Å². The predicted octanol–water partition coefficient (Wildman–Crippen LogP) is 4.19. The molecule has 0 spiro atoms. The van der Waals surface area contributed by atoms with Crippen LogP contribution in [0, 0.1) is 0 Å². The standard InChI is InChI=1S/C15H14N2OS2/c1-10(17(2)15(18)13-8-5-9-19-13)14-16-11-6-3-4-7-12(11)20-14/h3-10H,1-2H3/t10-/m0/s1. The highest BCUT2D eigenvalue weighted by Gasteiger charge is 2.22. The molecule has 102 valence electrons. The lowest BCUT2D eigenvalue weighted by molar-refractivity contribution is 0.0747. The predicted molar refractivity (Wildman–Crippen MR) is 84.4 cm³/mol. The van der Waals surface area contributed by atoms with E-state index in [2.05, 4.69) is 11.1 Å². The Hall–Kier alpha value is -1.72. The van der Waals surface area contributed by atoms with Gasteiger partial charge in [-0.3, -0.25) is 4.79 Å². The SMILES string of the molecule is C[C@@H](c1nc2ccccc2s1)N(C)C(=O)c1cccs1. The average molecular weight is 302 g/mol. The highest BCUT2D eigenvalue weighted by Crippen LogP contribution is 2.29. The maximum Gasteiger partial charge on any atom is 0.264 e. The van der Waals surface area contributed by atoms with E-state index in [1.54, 1.807) is 16.2 Å². The van der Waals surface area contributed by atoms with Gasteiger partial charge in [-0.05, 0) is 30.5 Å². The van der Waals surface area contributed by atoms with Crippen molar-refractivity contribution < 1.29 is 4.79 Å². The molecule has 3 aromatic rings. The van der Waals surface area contributed by atoms with Crippen molar-refractivity contribution in [3.05, 3.63) is 51.7 Å². The summed E-state index contributed by atoms with van der Waals surface area (Å²) in [5.41, 5.74) is 0.997. The van der Waals surface area contributed by atoms with Gasteiger partial charge < -0.3 is 4.90 Å². The summed E-state index contributed by atoms with van der Waals surface area (Å²) in [5.74, 6) is 0.0479. The smallest absolute Gasteiger partial charge is 0.264 e. The second-order valence-corrected chi connectivity index (χ2v) is 6.60. The third-order valence-corrected chi connectivity index (χ3v) is 5.37. The maximum absolute atomic E-state index is 12.3. The lowest BCUT2D eigenvalue weighted by atomic mass is 10.3. The van der Waals surface area contributed by atoms with Crippen molar-refractivity contribution in [1.29, 1.82) is 0 Å². The molecule has 1 aromatic carbocycles. The molecule has 0 unspecified atom stereocenters. The fourth-order valence-electron chi connectivity index (χ4n) is 1.98. The van der Waals surface area contributed by atoms with Gasteiger partial charge in [-0.25, -0.2) is 4.98 Å². The third kappa shape index (κ3) is 2.34. The Bertz CT molecular complexity index is 700. The van der Waals surface area contributed by atoms with E-state index in [1.165, 1.54) is 11.3 Å². The van der Waals surface area contributed by atoms with Crippen molar-refractivity contribution >= 4 is 38.8 Å². The fourth-order valence-corrected chi connectivity index (χ4v) is 3.75. The molecule has 2 aromatic heterocycles. The Morgan fingerprint density at radius 1 is 1.25 bits per heavy atom. The Morgan fingerprint density at radius 2 is 2.05 bits per heavy atom. The number of para-hydroxylation sites is 1. The van der Waals surface area contributed by atoms with Gasteiger partial charge in [0, 0.05) is 7.05 Å². The zero-order chi connectivity index (χ0) is 14.1. The summed E-state index contributed by atoms with van der Waals surface area (Å²) in [4.78, 5) is 19.5. The number of fused-ring (bicyclic) bond motifs is 1. The van der Waals surface area contributed by atoms with Crippen molar-refractivity contribution in [3.8, 4) is 0 Å². The van der Waals surface area contributed by atoms with Crippen LogP contribution in [-0.4, -0.2) is 22.8 Å². The van der Waals surface area contributed by atoms with Gasteiger partial charge in [-0.1, -0.05) is 18.2 Å². The minimum Gasteiger partial charge on any atom is -0.332 e.